The van der Waals surface area contributed by atoms with Crippen molar-refractivity contribution in [1.82, 2.24) is 31.6 Å². The normalized spacial score (nSPS) is 23.2. The van der Waals surface area contributed by atoms with Crippen molar-refractivity contribution in [3.63, 3.8) is 0 Å². The molecule has 0 radical (unpaired) electrons. The van der Waals surface area contributed by atoms with Crippen LogP contribution in [0.25, 0.3) is 10.9 Å². The monoisotopic (exact) mass is 664 g/mol. The second-order valence-corrected chi connectivity index (χ2v) is 12.9. The minimum Gasteiger partial charge on any atom is -0.381 e. The molecule has 6 N–H and O–H groups in total. The third-order valence-electron chi connectivity index (χ3n) is 9.23. The Hall–Kier alpha value is -5.00. The fraction of sp³-hybridized carbons (Fsp3) is 0.368. The number of H-pyrrole nitrogens is 1. The van der Waals surface area contributed by atoms with E-state index in [0.717, 1.165) is 27.6 Å². The Bertz CT molecular complexity index is 1720. The first kappa shape index (κ1) is 33.9. The molecule has 0 aliphatic carbocycles. The number of para-hydroxylation sites is 1. The summed E-state index contributed by atoms with van der Waals surface area (Å²) >= 11 is 0. The number of hydrogen-bond donors (Lipinski definition) is 6. The smallest absolute Gasteiger partial charge is 0.243 e. The predicted octanol–water partition coefficient (Wildman–Crippen LogP) is 2.31. The van der Waals surface area contributed by atoms with Crippen LogP contribution in [-0.2, 0) is 43.2 Å². The molecular weight excluding hydrogens is 620 g/mol. The van der Waals surface area contributed by atoms with Gasteiger partial charge in [-0.3, -0.25) is 19.2 Å². The number of nitrogens with one attached hydrogen (secondary N) is 6. The maximum Gasteiger partial charge on any atom is 0.243 e. The molecular formula is C38H44N6O5. The molecule has 256 valence electrons. The third kappa shape index (κ3) is 9.33. The first-order chi connectivity index (χ1) is 23.9. The lowest BCUT2D eigenvalue weighted by molar-refractivity contribution is -0.134. The Morgan fingerprint density at radius 1 is 0.673 bits per heavy atom. The van der Waals surface area contributed by atoms with Crippen molar-refractivity contribution >= 4 is 34.5 Å². The summed E-state index contributed by atoms with van der Waals surface area (Å²) in [6, 6.07) is 23.6. The lowest BCUT2D eigenvalue weighted by atomic mass is 10.00. The molecule has 0 unspecified atom stereocenters. The predicted molar refractivity (Wildman–Crippen MR) is 186 cm³/mol. The minimum absolute atomic E-state index is 0.0163. The molecule has 1 aromatic heterocycles. The number of carbonyl (C=O) groups excluding carboxylic acids is 4. The van der Waals surface area contributed by atoms with Crippen LogP contribution in [-0.4, -0.2) is 78.6 Å². The van der Waals surface area contributed by atoms with Gasteiger partial charge in [-0.15, -0.1) is 0 Å². The highest BCUT2D eigenvalue weighted by Crippen LogP contribution is 2.20. The molecule has 2 aliphatic rings. The molecule has 4 amide bonds. The molecule has 4 atom stereocenters. The van der Waals surface area contributed by atoms with Crippen molar-refractivity contribution in [1.29, 1.82) is 0 Å². The summed E-state index contributed by atoms with van der Waals surface area (Å²) < 4.78 is 5.51. The number of carbonyl (C=O) groups is 4. The van der Waals surface area contributed by atoms with Gasteiger partial charge >= 0.3 is 0 Å². The molecule has 11 nitrogen and oxygen atoms in total. The van der Waals surface area contributed by atoms with Gasteiger partial charge in [-0.05, 0) is 42.0 Å². The first-order valence-electron chi connectivity index (χ1n) is 17.1. The molecule has 49 heavy (non-hydrogen) atoms. The third-order valence-corrected chi connectivity index (χ3v) is 9.23. The van der Waals surface area contributed by atoms with Crippen molar-refractivity contribution in [3.8, 4) is 0 Å². The van der Waals surface area contributed by atoms with Crippen LogP contribution in [0.4, 0.5) is 0 Å². The minimum atomic E-state index is -1.03. The Balaban J connectivity index is 1.32. The summed E-state index contributed by atoms with van der Waals surface area (Å²) in [7, 11) is 0. The lowest BCUT2D eigenvalue weighted by Crippen LogP contribution is -2.60. The van der Waals surface area contributed by atoms with Gasteiger partial charge in [0.05, 0.1) is 18.5 Å². The van der Waals surface area contributed by atoms with Gasteiger partial charge in [-0.1, -0.05) is 78.9 Å². The zero-order chi connectivity index (χ0) is 34.0. The summed E-state index contributed by atoms with van der Waals surface area (Å²) in [5.41, 5.74) is 3.61. The first-order valence-corrected chi connectivity index (χ1v) is 17.1. The van der Waals surface area contributed by atoms with Crippen LogP contribution in [0.3, 0.4) is 0 Å². The van der Waals surface area contributed by atoms with Crippen molar-refractivity contribution < 1.29 is 23.9 Å². The van der Waals surface area contributed by atoms with Crippen LogP contribution in [0.2, 0.25) is 0 Å². The Morgan fingerprint density at radius 3 is 2.02 bits per heavy atom. The van der Waals surface area contributed by atoms with Gasteiger partial charge in [0, 0.05) is 55.7 Å². The largest absolute Gasteiger partial charge is 0.381 e. The van der Waals surface area contributed by atoms with Crippen molar-refractivity contribution in [2.75, 3.05) is 19.8 Å². The van der Waals surface area contributed by atoms with E-state index in [-0.39, 0.29) is 43.7 Å². The highest BCUT2D eigenvalue weighted by Gasteiger charge is 2.33. The van der Waals surface area contributed by atoms with Gasteiger partial charge in [0.1, 0.15) is 12.1 Å². The fourth-order valence-corrected chi connectivity index (χ4v) is 6.58. The molecule has 6 rings (SSSR count). The molecule has 3 heterocycles. The van der Waals surface area contributed by atoms with E-state index in [1.807, 2.05) is 91.1 Å². The highest BCUT2D eigenvalue weighted by atomic mass is 16.5. The topological polar surface area (TPSA) is 153 Å². The second kappa shape index (κ2) is 16.4. The number of aromatic amines is 1. The van der Waals surface area contributed by atoms with E-state index in [1.165, 1.54) is 0 Å². The number of rotatable bonds is 8. The summed E-state index contributed by atoms with van der Waals surface area (Å²) in [5.74, 6) is -1.65. The summed E-state index contributed by atoms with van der Waals surface area (Å²) in [6.07, 6.45) is 4.00. The van der Waals surface area contributed by atoms with Gasteiger partial charge in [0.15, 0.2) is 0 Å². The Kier molecular flexibility index (Phi) is 11.3. The van der Waals surface area contributed by atoms with Crippen LogP contribution in [0, 0.1) is 0 Å². The Labute approximate surface area is 286 Å². The van der Waals surface area contributed by atoms with Crippen LogP contribution in [0.5, 0.6) is 0 Å². The van der Waals surface area contributed by atoms with E-state index in [9.17, 15) is 19.2 Å². The van der Waals surface area contributed by atoms with E-state index in [2.05, 4.69) is 31.6 Å². The molecule has 0 spiro atoms. The van der Waals surface area contributed by atoms with E-state index >= 15 is 0 Å². The van der Waals surface area contributed by atoms with Crippen LogP contribution >= 0.6 is 0 Å². The standard InChI is InChI=1S/C38H44N6O5/c45-35-22-34(41-28-15-17-49-18-16-28)38(48)44-33(21-27-23-39-31-14-8-7-13-30(27)31)37(47)43-32(20-26-11-5-2-6-12-26)36(46)42-29(24-40-35)19-25-9-3-1-4-10-25/h1-14,23,28-29,32-34,39,41H,15-22,24H2,(H,40,45)(H,42,46)(H,43,47)(H,44,48)/t29-,32+,33+,34-/m1/s1. The maximum absolute atomic E-state index is 14.2. The summed E-state index contributed by atoms with van der Waals surface area (Å²) in [4.78, 5) is 59.0. The SMILES string of the molecule is O=C1C[C@@H](NC2CCOCC2)C(=O)N[C@@H](Cc2c[nH]c3ccccc23)C(=O)N[C@@H](Cc2ccccc2)C(=O)N[C@H](Cc2ccccc2)CN1. The van der Waals surface area contributed by atoms with Crippen molar-refractivity contribution in [3.05, 3.63) is 108 Å². The number of benzene rings is 3. The maximum atomic E-state index is 14.2. The number of hydrogen-bond acceptors (Lipinski definition) is 6. The van der Waals surface area contributed by atoms with Gasteiger partial charge in [0.2, 0.25) is 23.6 Å². The van der Waals surface area contributed by atoms with E-state index < -0.39 is 36.0 Å². The summed E-state index contributed by atoms with van der Waals surface area (Å²) in [6.45, 7) is 1.28. The van der Waals surface area contributed by atoms with Crippen molar-refractivity contribution in [2.45, 2.75) is 68.7 Å². The molecule has 2 aliphatic heterocycles. The quantitative estimate of drug-likeness (QED) is 0.170. The van der Waals surface area contributed by atoms with Crippen LogP contribution < -0.4 is 26.6 Å². The van der Waals surface area contributed by atoms with Gasteiger partial charge in [0.25, 0.3) is 0 Å². The van der Waals surface area contributed by atoms with E-state index in [0.29, 0.717) is 32.5 Å². The zero-order valence-electron chi connectivity index (χ0n) is 27.5. The molecule has 3 aromatic carbocycles. The molecule has 2 saturated heterocycles. The lowest BCUT2D eigenvalue weighted by Gasteiger charge is -2.30. The zero-order valence-corrected chi connectivity index (χ0v) is 27.5. The second-order valence-electron chi connectivity index (χ2n) is 12.9. The van der Waals surface area contributed by atoms with Gasteiger partial charge in [-0.2, -0.15) is 0 Å². The van der Waals surface area contributed by atoms with Crippen LogP contribution in [0.15, 0.2) is 91.1 Å². The highest BCUT2D eigenvalue weighted by molar-refractivity contribution is 5.95. The number of ether oxygens (including phenoxy) is 1. The molecule has 11 heteroatoms. The average Bonchev–Trinajstić information content (AvgIpc) is 3.53. The molecule has 0 saturated carbocycles. The molecule has 0 bridgehead atoms. The number of aromatic nitrogens is 1. The number of fused-ring (bicyclic) bond motifs is 1. The van der Waals surface area contributed by atoms with E-state index in [1.54, 1.807) is 0 Å². The van der Waals surface area contributed by atoms with Crippen molar-refractivity contribution in [2.24, 2.45) is 0 Å². The average molecular weight is 665 g/mol. The van der Waals surface area contributed by atoms with E-state index in [4.69, 9.17) is 4.74 Å². The van der Waals surface area contributed by atoms with Crippen LogP contribution in [0.1, 0.15) is 36.0 Å². The number of amides is 4. The molecule has 4 aromatic rings. The molecule has 2 fully saturated rings. The van der Waals surface area contributed by atoms with Gasteiger partial charge in [-0.25, -0.2) is 0 Å². The van der Waals surface area contributed by atoms with Gasteiger partial charge < -0.3 is 36.3 Å². The Morgan fingerprint density at radius 2 is 1.29 bits per heavy atom. The fourth-order valence-electron chi connectivity index (χ4n) is 6.58. The summed E-state index contributed by atoms with van der Waals surface area (Å²) in [5, 5.41) is 16.3.